The molecule has 0 spiro atoms. The fourth-order valence-corrected chi connectivity index (χ4v) is 2.72. The summed E-state index contributed by atoms with van der Waals surface area (Å²) in [6.45, 7) is 3.77. The number of aryl methyl sites for hydroxylation is 1. The molecule has 7 nitrogen and oxygen atoms in total. The zero-order valence-electron chi connectivity index (χ0n) is 15.9. The Kier molecular flexibility index (Phi) is 5.84. The van der Waals surface area contributed by atoms with Gasteiger partial charge in [0.25, 0.3) is 5.91 Å². The number of carbonyl (C=O) groups excluding carboxylic acids is 2. The third-order valence-electron chi connectivity index (χ3n) is 4.11. The second kappa shape index (κ2) is 8.47. The Hall–Kier alpha value is -3.48. The minimum absolute atomic E-state index is 0.0703. The summed E-state index contributed by atoms with van der Waals surface area (Å²) in [5, 5.41) is 3.41. The maximum Gasteiger partial charge on any atom is 0.375 e. The van der Waals surface area contributed by atoms with Crippen LogP contribution in [-0.2, 0) is 9.53 Å². The first-order valence-corrected chi connectivity index (χ1v) is 8.78. The van der Waals surface area contributed by atoms with Gasteiger partial charge in [-0.2, -0.15) is 0 Å². The van der Waals surface area contributed by atoms with Crippen molar-refractivity contribution >= 4 is 28.5 Å². The van der Waals surface area contributed by atoms with E-state index in [4.69, 9.17) is 18.6 Å². The zero-order chi connectivity index (χ0) is 20.1. The summed E-state index contributed by atoms with van der Waals surface area (Å²) in [7, 11) is 1.56. The maximum absolute atomic E-state index is 12.3. The number of rotatable bonds is 7. The van der Waals surface area contributed by atoms with E-state index in [1.54, 1.807) is 50.4 Å². The van der Waals surface area contributed by atoms with Gasteiger partial charge in [0.15, 0.2) is 6.61 Å². The number of anilines is 1. The number of nitrogens with one attached hydrogen (secondary N) is 1. The Morgan fingerprint density at radius 1 is 1.07 bits per heavy atom. The second-order valence-corrected chi connectivity index (χ2v) is 6.00. The molecule has 3 rings (SSSR count). The molecule has 0 unspecified atom stereocenters. The standard InChI is InChI=1S/C21H21NO6/c1-4-26-16-9-10-18-17(11-16)13(2)20(28-18)21(24)27-12-19(23)22-14-5-7-15(25-3)8-6-14/h5-11H,4,12H2,1-3H3,(H,22,23). The number of benzene rings is 2. The third-order valence-corrected chi connectivity index (χ3v) is 4.11. The van der Waals surface area contributed by atoms with Crippen LogP contribution in [0.3, 0.4) is 0 Å². The minimum atomic E-state index is -0.698. The SMILES string of the molecule is CCOc1ccc2oc(C(=O)OCC(=O)Nc3ccc(OC)cc3)c(C)c2c1. The van der Waals surface area contributed by atoms with Crippen molar-refractivity contribution in [2.24, 2.45) is 0 Å². The van der Waals surface area contributed by atoms with Gasteiger partial charge in [0.2, 0.25) is 5.76 Å². The van der Waals surface area contributed by atoms with Crippen LogP contribution in [0, 0.1) is 6.92 Å². The largest absolute Gasteiger partial charge is 0.497 e. The molecule has 1 N–H and O–H groups in total. The van der Waals surface area contributed by atoms with Gasteiger partial charge >= 0.3 is 5.97 Å². The highest BCUT2D eigenvalue weighted by molar-refractivity contribution is 5.98. The van der Waals surface area contributed by atoms with Gasteiger partial charge in [-0.3, -0.25) is 4.79 Å². The number of hydrogen-bond donors (Lipinski definition) is 1. The van der Waals surface area contributed by atoms with E-state index >= 15 is 0 Å². The van der Waals surface area contributed by atoms with Crippen molar-refractivity contribution in [2.75, 3.05) is 25.6 Å². The molecule has 7 heteroatoms. The van der Waals surface area contributed by atoms with E-state index < -0.39 is 18.5 Å². The topological polar surface area (TPSA) is 87.0 Å². The first-order valence-electron chi connectivity index (χ1n) is 8.78. The van der Waals surface area contributed by atoms with E-state index in [9.17, 15) is 9.59 Å². The molecule has 2 aromatic carbocycles. The van der Waals surface area contributed by atoms with Gasteiger partial charge in [0.1, 0.15) is 17.1 Å². The number of esters is 1. The Labute approximate surface area is 162 Å². The normalized spacial score (nSPS) is 10.5. The summed E-state index contributed by atoms with van der Waals surface area (Å²) in [4.78, 5) is 24.4. The van der Waals surface area contributed by atoms with Crippen molar-refractivity contribution in [3.05, 3.63) is 53.8 Å². The lowest BCUT2D eigenvalue weighted by atomic mass is 10.1. The second-order valence-electron chi connectivity index (χ2n) is 6.00. The first kappa shape index (κ1) is 19.3. The summed E-state index contributed by atoms with van der Waals surface area (Å²) in [6.07, 6.45) is 0. The van der Waals surface area contributed by atoms with Gasteiger partial charge < -0.3 is 23.9 Å². The van der Waals surface area contributed by atoms with Gasteiger partial charge in [0.05, 0.1) is 13.7 Å². The van der Waals surface area contributed by atoms with E-state index in [-0.39, 0.29) is 5.76 Å². The zero-order valence-corrected chi connectivity index (χ0v) is 15.9. The average molecular weight is 383 g/mol. The lowest BCUT2D eigenvalue weighted by Gasteiger charge is -2.07. The molecule has 1 aromatic heterocycles. The Bertz CT molecular complexity index is 990. The molecular formula is C21H21NO6. The van der Waals surface area contributed by atoms with Crippen LogP contribution < -0.4 is 14.8 Å². The number of furan rings is 1. The van der Waals surface area contributed by atoms with Crippen LogP contribution in [0.2, 0.25) is 0 Å². The fraction of sp³-hybridized carbons (Fsp3) is 0.238. The summed E-state index contributed by atoms with van der Waals surface area (Å²) in [5.41, 5.74) is 1.76. The van der Waals surface area contributed by atoms with Gasteiger partial charge in [-0.1, -0.05) is 0 Å². The predicted molar refractivity (Wildman–Crippen MR) is 104 cm³/mol. The van der Waals surface area contributed by atoms with E-state index in [0.717, 1.165) is 5.39 Å². The van der Waals surface area contributed by atoms with Gasteiger partial charge in [-0.25, -0.2) is 4.79 Å². The number of hydrogen-bond acceptors (Lipinski definition) is 6. The molecular weight excluding hydrogens is 362 g/mol. The van der Waals surface area contributed by atoms with E-state index in [1.807, 2.05) is 13.0 Å². The molecule has 0 aliphatic heterocycles. The lowest BCUT2D eigenvalue weighted by Crippen LogP contribution is -2.21. The Morgan fingerprint density at radius 3 is 2.46 bits per heavy atom. The molecule has 0 aliphatic carbocycles. The molecule has 0 radical (unpaired) electrons. The Balaban J connectivity index is 1.63. The van der Waals surface area contributed by atoms with Crippen molar-refractivity contribution < 1.29 is 28.2 Å². The number of ether oxygens (including phenoxy) is 3. The van der Waals surface area contributed by atoms with Gasteiger partial charge in [-0.05, 0) is 56.3 Å². The Morgan fingerprint density at radius 2 is 1.79 bits per heavy atom. The van der Waals surface area contributed by atoms with Crippen molar-refractivity contribution in [1.82, 2.24) is 0 Å². The van der Waals surface area contributed by atoms with E-state index in [0.29, 0.717) is 34.9 Å². The average Bonchev–Trinajstić information content (AvgIpc) is 3.03. The van der Waals surface area contributed by atoms with Crippen molar-refractivity contribution in [3.8, 4) is 11.5 Å². The molecule has 1 amide bonds. The summed E-state index contributed by atoms with van der Waals surface area (Å²) in [5.74, 6) is 0.290. The highest BCUT2D eigenvalue weighted by atomic mass is 16.5. The molecule has 0 aliphatic rings. The molecule has 0 saturated heterocycles. The molecule has 0 bridgehead atoms. The summed E-state index contributed by atoms with van der Waals surface area (Å²) >= 11 is 0. The first-order chi connectivity index (χ1) is 13.5. The van der Waals surface area contributed by atoms with Crippen LogP contribution in [0.5, 0.6) is 11.5 Å². The fourth-order valence-electron chi connectivity index (χ4n) is 2.72. The number of methoxy groups -OCH3 is 1. The van der Waals surface area contributed by atoms with Crippen LogP contribution in [0.15, 0.2) is 46.9 Å². The predicted octanol–water partition coefficient (Wildman–Crippen LogP) is 3.94. The van der Waals surface area contributed by atoms with E-state index in [1.165, 1.54) is 0 Å². The van der Waals surface area contributed by atoms with Gasteiger partial charge in [0, 0.05) is 16.6 Å². The molecule has 0 atom stereocenters. The molecule has 1 heterocycles. The number of fused-ring (bicyclic) bond motifs is 1. The van der Waals surface area contributed by atoms with Crippen molar-refractivity contribution in [3.63, 3.8) is 0 Å². The van der Waals surface area contributed by atoms with Crippen LogP contribution >= 0.6 is 0 Å². The highest BCUT2D eigenvalue weighted by Gasteiger charge is 2.20. The molecule has 146 valence electrons. The third kappa shape index (κ3) is 4.25. The molecule has 28 heavy (non-hydrogen) atoms. The highest BCUT2D eigenvalue weighted by Crippen LogP contribution is 2.29. The summed E-state index contributed by atoms with van der Waals surface area (Å²) < 4.78 is 21.2. The van der Waals surface area contributed by atoms with Crippen molar-refractivity contribution in [2.45, 2.75) is 13.8 Å². The lowest BCUT2D eigenvalue weighted by molar-refractivity contribution is -0.119. The quantitative estimate of drug-likeness (QED) is 0.622. The number of carbonyl (C=O) groups is 2. The van der Waals surface area contributed by atoms with Crippen molar-refractivity contribution in [1.29, 1.82) is 0 Å². The van der Waals surface area contributed by atoms with Gasteiger partial charge in [-0.15, -0.1) is 0 Å². The van der Waals surface area contributed by atoms with Crippen LogP contribution in [0.4, 0.5) is 5.69 Å². The van der Waals surface area contributed by atoms with Crippen LogP contribution in [0.1, 0.15) is 23.0 Å². The maximum atomic E-state index is 12.3. The number of amides is 1. The van der Waals surface area contributed by atoms with Crippen LogP contribution in [-0.4, -0.2) is 32.2 Å². The van der Waals surface area contributed by atoms with Crippen LogP contribution in [0.25, 0.3) is 11.0 Å². The minimum Gasteiger partial charge on any atom is -0.497 e. The smallest absolute Gasteiger partial charge is 0.375 e. The molecule has 3 aromatic rings. The van der Waals surface area contributed by atoms with E-state index in [2.05, 4.69) is 5.32 Å². The summed E-state index contributed by atoms with van der Waals surface area (Å²) in [6, 6.07) is 12.1. The monoisotopic (exact) mass is 383 g/mol. The molecule has 0 saturated carbocycles. The molecule has 0 fully saturated rings.